The molecule has 0 atom stereocenters. The van der Waals surface area contributed by atoms with Crippen molar-refractivity contribution in [2.45, 2.75) is 24.4 Å². The van der Waals surface area contributed by atoms with Crippen molar-refractivity contribution < 1.29 is 9.13 Å². The summed E-state index contributed by atoms with van der Waals surface area (Å²) >= 11 is 7.58. The Hall–Kier alpha value is -2.05. The molecule has 0 radical (unpaired) electrons. The molecule has 7 heteroatoms. The Morgan fingerprint density at radius 2 is 2.00 bits per heavy atom. The van der Waals surface area contributed by atoms with E-state index in [0.717, 1.165) is 10.9 Å². The molecule has 130 valence electrons. The van der Waals surface area contributed by atoms with Crippen molar-refractivity contribution in [1.29, 1.82) is 0 Å². The van der Waals surface area contributed by atoms with Crippen molar-refractivity contribution >= 4 is 23.4 Å². The molecule has 3 aromatic rings. The summed E-state index contributed by atoms with van der Waals surface area (Å²) in [5.41, 5.74) is 2.53. The van der Waals surface area contributed by atoms with Gasteiger partial charge in [-0.3, -0.25) is 0 Å². The van der Waals surface area contributed by atoms with Crippen LogP contribution in [-0.2, 0) is 19.4 Å². The second-order valence-electron chi connectivity index (χ2n) is 5.54. The largest absolute Gasteiger partial charge is 0.484 e. The van der Waals surface area contributed by atoms with Gasteiger partial charge in [-0.1, -0.05) is 47.6 Å². The summed E-state index contributed by atoms with van der Waals surface area (Å²) < 4.78 is 20.6. The van der Waals surface area contributed by atoms with E-state index in [0.29, 0.717) is 11.6 Å². The van der Waals surface area contributed by atoms with E-state index in [-0.39, 0.29) is 11.6 Å². The monoisotopic (exact) mass is 377 g/mol. The van der Waals surface area contributed by atoms with Crippen LogP contribution in [0.25, 0.3) is 0 Å². The Kier molecular flexibility index (Phi) is 5.60. The second kappa shape index (κ2) is 7.89. The van der Waals surface area contributed by atoms with Crippen molar-refractivity contribution in [2.24, 2.45) is 7.05 Å². The van der Waals surface area contributed by atoms with Crippen molar-refractivity contribution in [1.82, 2.24) is 14.8 Å². The zero-order valence-corrected chi connectivity index (χ0v) is 15.4. The Balaban J connectivity index is 1.64. The van der Waals surface area contributed by atoms with Crippen LogP contribution < -0.4 is 4.74 Å². The number of aromatic nitrogens is 3. The first-order valence-electron chi connectivity index (χ1n) is 7.68. The van der Waals surface area contributed by atoms with Gasteiger partial charge < -0.3 is 9.30 Å². The number of benzene rings is 2. The van der Waals surface area contributed by atoms with Crippen LogP contribution in [0.2, 0.25) is 5.02 Å². The Bertz CT molecular complexity index is 885. The molecule has 0 unspecified atom stereocenters. The average Bonchev–Trinajstić information content (AvgIpc) is 2.94. The second-order valence-corrected chi connectivity index (χ2v) is 6.89. The molecule has 1 heterocycles. The summed E-state index contributed by atoms with van der Waals surface area (Å²) in [5.74, 6) is 1.52. The van der Waals surface area contributed by atoms with Gasteiger partial charge in [-0.15, -0.1) is 10.2 Å². The number of aryl methyl sites for hydroxylation is 1. The smallest absolute Gasteiger partial charge is 0.191 e. The van der Waals surface area contributed by atoms with Crippen molar-refractivity contribution in [3.8, 4) is 5.75 Å². The molecular formula is C18H17ClFN3OS. The zero-order valence-electron chi connectivity index (χ0n) is 13.9. The van der Waals surface area contributed by atoms with Crippen LogP contribution in [0.5, 0.6) is 5.75 Å². The molecule has 0 N–H and O–H groups in total. The normalized spacial score (nSPS) is 10.9. The van der Waals surface area contributed by atoms with Gasteiger partial charge in [0.05, 0.1) is 5.02 Å². The van der Waals surface area contributed by atoms with Gasteiger partial charge in [0.25, 0.3) is 0 Å². The summed E-state index contributed by atoms with van der Waals surface area (Å²) in [5, 5.41) is 9.42. The Morgan fingerprint density at radius 1 is 1.20 bits per heavy atom. The molecule has 0 fully saturated rings. The molecule has 25 heavy (non-hydrogen) atoms. The average molecular weight is 378 g/mol. The summed E-state index contributed by atoms with van der Waals surface area (Å²) in [4.78, 5) is 0. The van der Waals surface area contributed by atoms with Crippen LogP contribution in [0.3, 0.4) is 0 Å². The summed E-state index contributed by atoms with van der Waals surface area (Å²) in [6, 6.07) is 12.3. The first-order valence-corrected chi connectivity index (χ1v) is 9.04. The number of halogens is 2. The highest BCUT2D eigenvalue weighted by Crippen LogP contribution is 2.26. The summed E-state index contributed by atoms with van der Waals surface area (Å²) in [6.07, 6.45) is 0. The SMILES string of the molecule is Cc1ccccc1CSc1nnc(COc2ccc(F)cc2Cl)n1C. The molecule has 0 aliphatic heterocycles. The summed E-state index contributed by atoms with van der Waals surface area (Å²) in [6.45, 7) is 2.30. The van der Waals surface area contributed by atoms with Gasteiger partial charge in [0.1, 0.15) is 18.2 Å². The van der Waals surface area contributed by atoms with Crippen LogP contribution >= 0.6 is 23.4 Å². The van der Waals surface area contributed by atoms with E-state index in [1.165, 1.54) is 29.3 Å². The van der Waals surface area contributed by atoms with E-state index >= 15 is 0 Å². The molecule has 0 amide bonds. The van der Waals surface area contributed by atoms with Gasteiger partial charge in [0.15, 0.2) is 11.0 Å². The minimum Gasteiger partial charge on any atom is -0.484 e. The molecule has 0 saturated heterocycles. The first-order chi connectivity index (χ1) is 12.0. The third kappa shape index (κ3) is 4.32. The molecule has 0 aliphatic rings. The highest BCUT2D eigenvalue weighted by Gasteiger charge is 2.12. The maximum absolute atomic E-state index is 13.1. The fraction of sp³-hybridized carbons (Fsp3) is 0.222. The number of hydrogen-bond acceptors (Lipinski definition) is 4. The zero-order chi connectivity index (χ0) is 17.8. The molecule has 0 aliphatic carbocycles. The van der Waals surface area contributed by atoms with E-state index in [2.05, 4.69) is 29.3 Å². The number of thioether (sulfide) groups is 1. The molecule has 0 spiro atoms. The van der Waals surface area contributed by atoms with Crippen molar-refractivity contribution in [3.63, 3.8) is 0 Å². The number of nitrogens with zero attached hydrogens (tertiary/aromatic N) is 3. The lowest BCUT2D eigenvalue weighted by atomic mass is 10.1. The van der Waals surface area contributed by atoms with Crippen LogP contribution in [0.1, 0.15) is 17.0 Å². The van der Waals surface area contributed by atoms with Gasteiger partial charge in [-0.25, -0.2) is 4.39 Å². The van der Waals surface area contributed by atoms with Gasteiger partial charge >= 0.3 is 0 Å². The van der Waals surface area contributed by atoms with Gasteiger partial charge in [0, 0.05) is 12.8 Å². The highest BCUT2D eigenvalue weighted by molar-refractivity contribution is 7.98. The number of rotatable bonds is 6. The van der Waals surface area contributed by atoms with Crippen molar-refractivity contribution in [2.75, 3.05) is 0 Å². The van der Waals surface area contributed by atoms with E-state index < -0.39 is 5.82 Å². The standard InChI is InChI=1S/C18H17ClFN3OS/c1-12-5-3-4-6-13(12)11-25-18-22-21-17(23(18)2)10-24-16-8-7-14(20)9-15(16)19/h3-9H,10-11H2,1-2H3. The molecule has 0 saturated carbocycles. The molecular weight excluding hydrogens is 361 g/mol. The van der Waals surface area contributed by atoms with E-state index in [9.17, 15) is 4.39 Å². The summed E-state index contributed by atoms with van der Waals surface area (Å²) in [7, 11) is 1.89. The lowest BCUT2D eigenvalue weighted by Crippen LogP contribution is -2.04. The number of hydrogen-bond donors (Lipinski definition) is 0. The molecule has 3 rings (SSSR count). The lowest BCUT2D eigenvalue weighted by molar-refractivity contribution is 0.290. The van der Waals surface area contributed by atoms with E-state index in [1.54, 1.807) is 11.8 Å². The van der Waals surface area contributed by atoms with Crippen LogP contribution in [0, 0.1) is 12.7 Å². The maximum Gasteiger partial charge on any atom is 0.191 e. The van der Waals surface area contributed by atoms with Gasteiger partial charge in [-0.05, 0) is 36.2 Å². The third-order valence-corrected chi connectivity index (χ3v) is 5.16. The molecule has 4 nitrogen and oxygen atoms in total. The molecule has 2 aromatic carbocycles. The Labute approximate surface area is 155 Å². The number of ether oxygens (including phenoxy) is 1. The highest BCUT2D eigenvalue weighted by atomic mass is 35.5. The quantitative estimate of drug-likeness (QED) is 0.579. The molecule has 0 bridgehead atoms. The minimum atomic E-state index is -0.397. The van der Waals surface area contributed by atoms with Gasteiger partial charge in [0.2, 0.25) is 0 Å². The minimum absolute atomic E-state index is 0.208. The van der Waals surface area contributed by atoms with E-state index in [4.69, 9.17) is 16.3 Å². The van der Waals surface area contributed by atoms with Crippen LogP contribution in [-0.4, -0.2) is 14.8 Å². The predicted octanol–water partition coefficient (Wildman–Crippen LogP) is 4.79. The van der Waals surface area contributed by atoms with E-state index in [1.807, 2.05) is 23.7 Å². The lowest BCUT2D eigenvalue weighted by Gasteiger charge is -2.08. The fourth-order valence-corrected chi connectivity index (χ4v) is 3.47. The molecule has 1 aromatic heterocycles. The first kappa shape index (κ1) is 17.8. The van der Waals surface area contributed by atoms with Crippen molar-refractivity contribution in [3.05, 3.63) is 70.3 Å². The van der Waals surface area contributed by atoms with Crippen LogP contribution in [0.15, 0.2) is 47.6 Å². The topological polar surface area (TPSA) is 39.9 Å². The predicted molar refractivity (Wildman–Crippen MR) is 97.5 cm³/mol. The van der Waals surface area contributed by atoms with Gasteiger partial charge in [-0.2, -0.15) is 0 Å². The third-order valence-electron chi connectivity index (χ3n) is 3.79. The fourth-order valence-electron chi connectivity index (χ4n) is 2.25. The Morgan fingerprint density at radius 3 is 2.76 bits per heavy atom. The maximum atomic E-state index is 13.1. The van der Waals surface area contributed by atoms with Crippen LogP contribution in [0.4, 0.5) is 4.39 Å².